The van der Waals surface area contributed by atoms with Crippen LogP contribution in [0.4, 0.5) is 0 Å². The normalized spacial score (nSPS) is 23.8. The lowest BCUT2D eigenvalue weighted by Gasteiger charge is -2.19. The zero-order valence-electron chi connectivity index (χ0n) is 10.0. The van der Waals surface area contributed by atoms with Crippen LogP contribution in [0.25, 0.3) is 0 Å². The van der Waals surface area contributed by atoms with Crippen LogP contribution in [0.5, 0.6) is 0 Å². The van der Waals surface area contributed by atoms with Gasteiger partial charge in [-0.1, -0.05) is 31.5 Å². The summed E-state index contributed by atoms with van der Waals surface area (Å²) in [5.74, 6) is 0.142. The van der Waals surface area contributed by atoms with Crippen molar-refractivity contribution in [2.45, 2.75) is 26.3 Å². The maximum absolute atomic E-state index is 11.8. The summed E-state index contributed by atoms with van der Waals surface area (Å²) in [6.07, 6.45) is 0. The van der Waals surface area contributed by atoms with Gasteiger partial charge in [0.2, 0.25) is 5.90 Å². The summed E-state index contributed by atoms with van der Waals surface area (Å²) in [5, 5.41) is 0.597. The molecule has 4 heteroatoms. The Labute approximate surface area is 105 Å². The number of ether oxygens (including phenoxy) is 1. The van der Waals surface area contributed by atoms with Crippen molar-refractivity contribution in [3.8, 4) is 0 Å². The van der Waals surface area contributed by atoms with Crippen LogP contribution >= 0.6 is 11.6 Å². The molecule has 0 N–H and O–H groups in total. The lowest BCUT2D eigenvalue weighted by molar-refractivity contribution is -0.139. The molecule has 0 radical (unpaired) electrons. The topological polar surface area (TPSA) is 38.7 Å². The van der Waals surface area contributed by atoms with E-state index in [1.165, 1.54) is 0 Å². The number of carbonyl (C=O) groups is 1. The minimum absolute atomic E-state index is 0.0895. The van der Waals surface area contributed by atoms with Crippen LogP contribution in [-0.2, 0) is 9.53 Å². The molecule has 3 nitrogen and oxygen atoms in total. The second-order valence-electron chi connectivity index (χ2n) is 4.62. The van der Waals surface area contributed by atoms with Crippen molar-refractivity contribution in [3.63, 3.8) is 0 Å². The molecule has 0 saturated carbocycles. The van der Waals surface area contributed by atoms with E-state index in [1.54, 1.807) is 25.1 Å². The lowest BCUT2D eigenvalue weighted by atomic mass is 9.90. The number of carbonyl (C=O) groups excluding carboxylic acids is 1. The average molecular weight is 252 g/mol. The number of rotatable bonds is 2. The molecule has 1 unspecified atom stereocenters. The quantitative estimate of drug-likeness (QED) is 0.758. The van der Waals surface area contributed by atoms with Crippen LogP contribution in [-0.4, -0.2) is 17.4 Å². The molecule has 0 spiro atoms. The fraction of sp³-hybridized carbons (Fsp3) is 0.385. The molecule has 1 atom stereocenters. The first-order chi connectivity index (χ1) is 7.93. The fourth-order valence-corrected chi connectivity index (χ4v) is 1.77. The summed E-state index contributed by atoms with van der Waals surface area (Å²) in [5.41, 5.74) is -0.0623. The average Bonchev–Trinajstić information content (AvgIpc) is 2.57. The molecule has 90 valence electrons. The number of nitrogens with zero attached hydrogens (tertiary/aromatic N) is 1. The van der Waals surface area contributed by atoms with Crippen LogP contribution in [0.3, 0.4) is 0 Å². The number of halogens is 1. The van der Waals surface area contributed by atoms with Crippen LogP contribution < -0.4 is 0 Å². The molecule has 2 rings (SSSR count). The molecule has 1 aromatic rings. The number of aliphatic imine (C=N–C) groups is 1. The minimum Gasteiger partial charge on any atom is -0.405 e. The highest BCUT2D eigenvalue weighted by molar-refractivity contribution is 6.31. The van der Waals surface area contributed by atoms with Gasteiger partial charge in [0, 0.05) is 10.6 Å². The minimum atomic E-state index is -0.794. The van der Waals surface area contributed by atoms with E-state index in [1.807, 2.05) is 19.9 Å². The second-order valence-corrected chi connectivity index (χ2v) is 5.06. The molecule has 0 amide bonds. The number of hydrogen-bond donors (Lipinski definition) is 0. The standard InChI is InChI=1S/C13H14ClNO2/c1-8(2)13(3)12(16)17-11(15-13)9-5-4-6-10(14)7-9/h4-8H,1-3H3. The fourth-order valence-electron chi connectivity index (χ4n) is 1.58. The van der Waals surface area contributed by atoms with E-state index in [0.717, 1.165) is 5.56 Å². The van der Waals surface area contributed by atoms with Crippen molar-refractivity contribution >= 4 is 23.5 Å². The molecular weight excluding hydrogens is 238 g/mol. The van der Waals surface area contributed by atoms with Gasteiger partial charge in [0.1, 0.15) is 0 Å². The number of cyclic esters (lactones) is 1. The lowest BCUT2D eigenvalue weighted by Crippen LogP contribution is -2.35. The van der Waals surface area contributed by atoms with Crippen molar-refractivity contribution in [1.82, 2.24) is 0 Å². The van der Waals surface area contributed by atoms with Gasteiger partial charge in [0.05, 0.1) is 0 Å². The van der Waals surface area contributed by atoms with E-state index in [-0.39, 0.29) is 11.9 Å². The van der Waals surface area contributed by atoms with E-state index in [9.17, 15) is 4.79 Å². The van der Waals surface area contributed by atoms with E-state index in [4.69, 9.17) is 16.3 Å². The monoisotopic (exact) mass is 251 g/mol. The SMILES string of the molecule is CC(C)C1(C)N=C(c2cccc(Cl)c2)OC1=O. The summed E-state index contributed by atoms with van der Waals surface area (Å²) in [7, 11) is 0. The largest absolute Gasteiger partial charge is 0.405 e. The van der Waals surface area contributed by atoms with Crippen LogP contribution in [0.2, 0.25) is 5.02 Å². The van der Waals surface area contributed by atoms with E-state index in [2.05, 4.69) is 4.99 Å². The predicted molar refractivity (Wildman–Crippen MR) is 67.3 cm³/mol. The summed E-state index contributed by atoms with van der Waals surface area (Å²) >= 11 is 5.90. The van der Waals surface area contributed by atoms with Gasteiger partial charge < -0.3 is 4.74 Å². The first-order valence-electron chi connectivity index (χ1n) is 5.51. The highest BCUT2D eigenvalue weighted by atomic mass is 35.5. The van der Waals surface area contributed by atoms with Crippen molar-refractivity contribution in [1.29, 1.82) is 0 Å². The van der Waals surface area contributed by atoms with Gasteiger partial charge in [-0.15, -0.1) is 0 Å². The predicted octanol–water partition coefficient (Wildman–Crippen LogP) is 3.06. The van der Waals surface area contributed by atoms with Crippen molar-refractivity contribution in [3.05, 3.63) is 34.9 Å². The molecule has 0 aromatic heterocycles. The Morgan fingerprint density at radius 2 is 2.12 bits per heavy atom. The summed E-state index contributed by atoms with van der Waals surface area (Å²) in [6, 6.07) is 7.13. The van der Waals surface area contributed by atoms with Gasteiger partial charge in [-0.3, -0.25) is 0 Å². The third-order valence-electron chi connectivity index (χ3n) is 3.13. The highest BCUT2D eigenvalue weighted by Gasteiger charge is 2.44. The van der Waals surface area contributed by atoms with E-state index in [0.29, 0.717) is 10.9 Å². The smallest absolute Gasteiger partial charge is 0.340 e. The summed E-state index contributed by atoms with van der Waals surface area (Å²) in [6.45, 7) is 5.69. The molecule has 1 aliphatic heterocycles. The zero-order valence-corrected chi connectivity index (χ0v) is 10.8. The van der Waals surface area contributed by atoms with Gasteiger partial charge in [-0.05, 0) is 31.0 Å². The molecule has 0 fully saturated rings. The molecule has 17 heavy (non-hydrogen) atoms. The Hall–Kier alpha value is -1.35. The maximum atomic E-state index is 11.8. The van der Waals surface area contributed by atoms with E-state index < -0.39 is 5.54 Å². The van der Waals surface area contributed by atoms with Gasteiger partial charge in [-0.25, -0.2) is 9.79 Å². The Balaban J connectivity index is 2.40. The Bertz CT molecular complexity index is 496. The van der Waals surface area contributed by atoms with Gasteiger partial charge in [0.15, 0.2) is 5.54 Å². The number of hydrogen-bond acceptors (Lipinski definition) is 3. The number of esters is 1. The summed E-state index contributed by atoms with van der Waals surface area (Å²) in [4.78, 5) is 16.2. The van der Waals surface area contributed by atoms with Crippen molar-refractivity contribution in [2.24, 2.45) is 10.9 Å². The third kappa shape index (κ3) is 2.07. The first-order valence-corrected chi connectivity index (χ1v) is 5.89. The van der Waals surface area contributed by atoms with Crippen LogP contribution in [0.1, 0.15) is 26.3 Å². The molecule has 1 heterocycles. The molecule has 1 aliphatic rings. The Morgan fingerprint density at radius 3 is 2.65 bits per heavy atom. The molecular formula is C13H14ClNO2. The van der Waals surface area contributed by atoms with Gasteiger partial charge in [0.25, 0.3) is 0 Å². The first kappa shape index (κ1) is 12.1. The van der Waals surface area contributed by atoms with E-state index >= 15 is 0 Å². The molecule has 0 aliphatic carbocycles. The van der Waals surface area contributed by atoms with Gasteiger partial charge in [-0.2, -0.15) is 0 Å². The second kappa shape index (κ2) is 4.15. The van der Waals surface area contributed by atoms with Crippen molar-refractivity contribution in [2.75, 3.05) is 0 Å². The third-order valence-corrected chi connectivity index (χ3v) is 3.37. The Morgan fingerprint density at radius 1 is 1.41 bits per heavy atom. The Kier molecular flexibility index (Phi) is 2.96. The molecule has 0 saturated heterocycles. The van der Waals surface area contributed by atoms with Gasteiger partial charge >= 0.3 is 5.97 Å². The maximum Gasteiger partial charge on any atom is 0.340 e. The van der Waals surface area contributed by atoms with Crippen molar-refractivity contribution < 1.29 is 9.53 Å². The molecule has 1 aromatic carbocycles. The van der Waals surface area contributed by atoms with Crippen LogP contribution in [0, 0.1) is 5.92 Å². The van der Waals surface area contributed by atoms with Crippen LogP contribution in [0.15, 0.2) is 29.3 Å². The zero-order chi connectivity index (χ0) is 12.6. The molecule has 0 bridgehead atoms. The summed E-state index contributed by atoms with van der Waals surface area (Å²) < 4.78 is 5.23. The number of benzene rings is 1. The highest BCUT2D eigenvalue weighted by Crippen LogP contribution is 2.30.